The first kappa shape index (κ1) is 9.96. The van der Waals surface area contributed by atoms with Crippen molar-refractivity contribution in [3.8, 4) is 0 Å². The van der Waals surface area contributed by atoms with Gasteiger partial charge in [0.1, 0.15) is 0 Å². The molecule has 5 heteroatoms. The van der Waals surface area contributed by atoms with Crippen LogP contribution < -0.4 is 4.90 Å². The lowest BCUT2D eigenvalue weighted by Crippen LogP contribution is -2.56. The maximum absolute atomic E-state index is 11.9. The van der Waals surface area contributed by atoms with E-state index >= 15 is 0 Å². The van der Waals surface area contributed by atoms with Crippen molar-refractivity contribution < 1.29 is 19.4 Å². The monoisotopic (exact) mass is 245 g/mol. The number of hydrogen-bond acceptors (Lipinski definition) is 4. The minimum atomic E-state index is -0.912. The van der Waals surface area contributed by atoms with E-state index in [0.29, 0.717) is 5.69 Å². The number of aliphatic hydroxyl groups is 1. The predicted octanol–water partition coefficient (Wildman–Crippen LogP) is 1.55. The first-order chi connectivity index (χ1) is 8.74. The molecule has 1 fully saturated rings. The number of rotatable bonds is 0. The number of amides is 1. The number of benzene rings is 1. The van der Waals surface area contributed by atoms with Crippen LogP contribution in [-0.4, -0.2) is 23.5 Å². The van der Waals surface area contributed by atoms with Crippen LogP contribution in [0.1, 0.15) is 11.7 Å². The van der Waals surface area contributed by atoms with Crippen molar-refractivity contribution in [2.24, 2.45) is 5.92 Å². The molecule has 1 amide bonds. The number of anilines is 1. The van der Waals surface area contributed by atoms with Crippen LogP contribution in [0.15, 0.2) is 36.6 Å². The molecule has 92 valence electrons. The Morgan fingerprint density at radius 2 is 2.22 bits per heavy atom. The summed E-state index contributed by atoms with van der Waals surface area (Å²) in [6.45, 7) is 0.134. The lowest BCUT2D eigenvalue weighted by Gasteiger charge is -2.43. The first-order valence-corrected chi connectivity index (χ1v) is 5.82. The number of para-hydroxylation sites is 1. The summed E-state index contributed by atoms with van der Waals surface area (Å²) in [6.07, 6.45) is 2.21. The van der Waals surface area contributed by atoms with E-state index < -0.39 is 17.9 Å². The number of fused-ring (bicyclic) bond motifs is 2. The summed E-state index contributed by atoms with van der Waals surface area (Å²) in [5.74, 6) is -0.293. The molecule has 1 aromatic carbocycles. The summed E-state index contributed by atoms with van der Waals surface area (Å²) in [5, 5.41) is 10.4. The second-order valence-electron chi connectivity index (χ2n) is 4.71. The van der Waals surface area contributed by atoms with Crippen molar-refractivity contribution in [1.82, 2.24) is 0 Å². The molecular formula is C13H11NO4. The molecule has 18 heavy (non-hydrogen) atoms. The third-order valence-corrected chi connectivity index (χ3v) is 3.88. The molecule has 3 atom stereocenters. The minimum Gasteiger partial charge on any atom is -0.471 e. The lowest BCUT2D eigenvalue weighted by molar-refractivity contribution is -0.0474. The molecule has 5 nitrogen and oxygen atoms in total. The molecule has 0 aliphatic carbocycles. The fourth-order valence-electron chi connectivity index (χ4n) is 3.04. The van der Waals surface area contributed by atoms with Crippen LogP contribution in [-0.2, 0) is 9.47 Å². The van der Waals surface area contributed by atoms with E-state index in [1.165, 1.54) is 11.2 Å². The first-order valence-electron chi connectivity index (χ1n) is 5.82. The van der Waals surface area contributed by atoms with Crippen molar-refractivity contribution in [3.05, 3.63) is 42.2 Å². The van der Waals surface area contributed by atoms with Gasteiger partial charge in [-0.2, -0.15) is 0 Å². The topological polar surface area (TPSA) is 59.0 Å². The average molecular weight is 245 g/mol. The lowest BCUT2D eigenvalue weighted by atomic mass is 9.82. The van der Waals surface area contributed by atoms with Gasteiger partial charge >= 0.3 is 6.09 Å². The Morgan fingerprint density at radius 1 is 1.39 bits per heavy atom. The summed E-state index contributed by atoms with van der Waals surface area (Å²) < 4.78 is 10.7. The highest BCUT2D eigenvalue weighted by atomic mass is 16.6. The molecule has 0 aromatic heterocycles. The van der Waals surface area contributed by atoms with Gasteiger partial charge in [0.15, 0.2) is 6.61 Å². The van der Waals surface area contributed by atoms with Crippen LogP contribution in [0.4, 0.5) is 10.5 Å². The summed E-state index contributed by atoms with van der Waals surface area (Å²) in [5.41, 5.74) is 0.477. The molecule has 0 unspecified atom stereocenters. The molecule has 3 aliphatic heterocycles. The second kappa shape index (κ2) is 3.05. The van der Waals surface area contributed by atoms with E-state index in [2.05, 4.69) is 0 Å². The van der Waals surface area contributed by atoms with Gasteiger partial charge in [0.2, 0.25) is 5.72 Å². The summed E-state index contributed by atoms with van der Waals surface area (Å²) in [6, 6.07) is 7.29. The van der Waals surface area contributed by atoms with Gasteiger partial charge in [-0.3, -0.25) is 0 Å². The van der Waals surface area contributed by atoms with Gasteiger partial charge in [-0.25, -0.2) is 9.69 Å². The van der Waals surface area contributed by atoms with E-state index in [4.69, 9.17) is 9.47 Å². The molecule has 0 radical (unpaired) electrons. The van der Waals surface area contributed by atoms with Gasteiger partial charge in [-0.15, -0.1) is 0 Å². The molecular weight excluding hydrogens is 234 g/mol. The Balaban J connectivity index is 1.99. The number of carbonyl (C=O) groups is 1. The molecule has 0 saturated carbocycles. The van der Waals surface area contributed by atoms with Crippen molar-refractivity contribution in [3.63, 3.8) is 0 Å². The third-order valence-electron chi connectivity index (χ3n) is 3.88. The number of cyclic esters (lactones) is 1. The average Bonchev–Trinajstić information content (AvgIpc) is 2.95. The molecule has 1 saturated heterocycles. The zero-order chi connectivity index (χ0) is 12.3. The third kappa shape index (κ3) is 0.945. The highest BCUT2D eigenvalue weighted by molar-refractivity contribution is 5.93. The highest BCUT2D eigenvalue weighted by Gasteiger charge is 2.62. The SMILES string of the molecule is O=C1OC[C@]23OC=C[C@H]2[C@H](O)c2ccccc2N13. The van der Waals surface area contributed by atoms with Crippen LogP contribution in [0, 0.1) is 5.92 Å². The predicted molar refractivity (Wildman–Crippen MR) is 61.7 cm³/mol. The van der Waals surface area contributed by atoms with E-state index in [0.717, 1.165) is 5.56 Å². The number of carbonyl (C=O) groups excluding carboxylic acids is 1. The van der Waals surface area contributed by atoms with Crippen molar-refractivity contribution in [2.75, 3.05) is 11.5 Å². The zero-order valence-corrected chi connectivity index (χ0v) is 9.45. The van der Waals surface area contributed by atoms with Gasteiger partial charge < -0.3 is 14.6 Å². The van der Waals surface area contributed by atoms with Crippen molar-refractivity contribution >= 4 is 11.8 Å². The van der Waals surface area contributed by atoms with Gasteiger partial charge in [0, 0.05) is 5.56 Å². The van der Waals surface area contributed by atoms with E-state index in [1.807, 2.05) is 18.2 Å². The highest BCUT2D eigenvalue weighted by Crippen LogP contribution is 2.52. The van der Waals surface area contributed by atoms with Gasteiger partial charge in [0.05, 0.1) is 24.0 Å². The second-order valence-corrected chi connectivity index (χ2v) is 4.71. The zero-order valence-electron chi connectivity index (χ0n) is 9.45. The van der Waals surface area contributed by atoms with Gasteiger partial charge in [-0.05, 0) is 12.1 Å². The molecule has 1 spiro atoms. The molecule has 1 N–H and O–H groups in total. The number of ether oxygens (including phenoxy) is 2. The summed E-state index contributed by atoms with van der Waals surface area (Å²) in [4.78, 5) is 13.4. The quantitative estimate of drug-likeness (QED) is 0.753. The maximum Gasteiger partial charge on any atom is 0.417 e. The fraction of sp³-hybridized carbons (Fsp3) is 0.308. The summed E-state index contributed by atoms with van der Waals surface area (Å²) >= 11 is 0. The van der Waals surface area contributed by atoms with Crippen LogP contribution in [0.2, 0.25) is 0 Å². The Kier molecular flexibility index (Phi) is 1.69. The van der Waals surface area contributed by atoms with Crippen LogP contribution in [0.3, 0.4) is 0 Å². The summed E-state index contributed by atoms with van der Waals surface area (Å²) in [7, 11) is 0. The molecule has 0 bridgehead atoms. The Hall–Kier alpha value is -2.01. The Bertz CT molecular complexity index is 570. The van der Waals surface area contributed by atoms with Crippen molar-refractivity contribution in [1.29, 1.82) is 0 Å². The maximum atomic E-state index is 11.9. The van der Waals surface area contributed by atoms with Crippen LogP contribution in [0.25, 0.3) is 0 Å². The van der Waals surface area contributed by atoms with Crippen LogP contribution >= 0.6 is 0 Å². The Morgan fingerprint density at radius 3 is 3.11 bits per heavy atom. The smallest absolute Gasteiger partial charge is 0.417 e. The largest absolute Gasteiger partial charge is 0.471 e. The normalized spacial score (nSPS) is 35.6. The fourth-order valence-corrected chi connectivity index (χ4v) is 3.04. The van der Waals surface area contributed by atoms with E-state index in [-0.39, 0.29) is 12.5 Å². The number of aliphatic hydroxyl groups excluding tert-OH is 1. The minimum absolute atomic E-state index is 0.134. The van der Waals surface area contributed by atoms with Crippen molar-refractivity contribution in [2.45, 2.75) is 11.8 Å². The van der Waals surface area contributed by atoms with Gasteiger partial charge in [-0.1, -0.05) is 18.2 Å². The molecule has 1 aromatic rings. The van der Waals surface area contributed by atoms with Gasteiger partial charge in [0.25, 0.3) is 0 Å². The molecule has 3 heterocycles. The Labute approximate surface area is 103 Å². The van der Waals surface area contributed by atoms with E-state index in [9.17, 15) is 9.90 Å². The molecule has 4 rings (SSSR count). The number of hydrogen-bond donors (Lipinski definition) is 1. The standard InChI is InChI=1S/C13H11NO4/c15-11-8-3-1-2-4-10(8)14-12(16)17-7-13(14)9(11)5-6-18-13/h1-6,9,11,15H,7H2/t9-,11+,13-/m0/s1. The van der Waals surface area contributed by atoms with Crippen LogP contribution in [0.5, 0.6) is 0 Å². The number of nitrogens with zero attached hydrogens (tertiary/aromatic N) is 1. The molecule has 3 aliphatic rings. The van der Waals surface area contributed by atoms with E-state index in [1.54, 1.807) is 12.1 Å².